The Morgan fingerprint density at radius 1 is 1.35 bits per heavy atom. The highest BCUT2D eigenvalue weighted by molar-refractivity contribution is 7.85. The lowest BCUT2D eigenvalue weighted by Gasteiger charge is -2.28. The molecule has 1 fully saturated rings. The number of hydrogen-bond acceptors (Lipinski definition) is 6. The first-order valence-electron chi connectivity index (χ1n) is 8.51. The van der Waals surface area contributed by atoms with Crippen LogP contribution >= 0.6 is 0 Å². The van der Waals surface area contributed by atoms with Crippen molar-refractivity contribution in [2.45, 2.75) is 38.2 Å². The molecule has 1 saturated heterocycles. The van der Waals surface area contributed by atoms with Crippen LogP contribution in [0.15, 0.2) is 43.0 Å². The van der Waals surface area contributed by atoms with Gasteiger partial charge in [-0.25, -0.2) is 4.98 Å². The van der Waals surface area contributed by atoms with Gasteiger partial charge >= 0.3 is 0 Å². The number of imidazole rings is 1. The van der Waals surface area contributed by atoms with E-state index in [9.17, 15) is 8.42 Å². The largest absolute Gasteiger partial charge is 0.345 e. The van der Waals surface area contributed by atoms with Crippen LogP contribution in [0.5, 0.6) is 0 Å². The molecule has 3 rings (SSSR count). The second-order valence-corrected chi connectivity index (χ2v) is 8.31. The van der Waals surface area contributed by atoms with Gasteiger partial charge in [0.05, 0.1) is 32.3 Å². The first-order valence-corrected chi connectivity index (χ1v) is 10.3. The molecule has 0 N–H and O–H groups in total. The number of aromatic nitrogens is 2. The Labute approximate surface area is 154 Å². The second-order valence-electron chi connectivity index (χ2n) is 6.67. The van der Waals surface area contributed by atoms with Gasteiger partial charge < -0.3 is 14.0 Å². The molecule has 0 amide bonds. The lowest BCUT2D eigenvalue weighted by molar-refractivity contribution is -0.184. The van der Waals surface area contributed by atoms with Crippen LogP contribution in [0.3, 0.4) is 0 Å². The maximum absolute atomic E-state index is 11.2. The summed E-state index contributed by atoms with van der Waals surface area (Å²) in [5.74, 6) is -0.836. The number of rotatable bonds is 8. The maximum Gasteiger partial charge on any atom is 0.264 e. The Morgan fingerprint density at radius 3 is 2.77 bits per heavy atom. The average molecular weight is 380 g/mol. The Hall–Kier alpha value is -1.74. The summed E-state index contributed by atoms with van der Waals surface area (Å²) in [6.07, 6.45) is 7.29. The van der Waals surface area contributed by atoms with E-state index in [1.54, 1.807) is 12.5 Å². The van der Waals surface area contributed by atoms with Crippen molar-refractivity contribution in [2.75, 3.05) is 19.5 Å². The van der Waals surface area contributed by atoms with Crippen molar-refractivity contribution in [2.24, 2.45) is 0 Å². The first-order chi connectivity index (χ1) is 12.3. The molecule has 142 valence electrons. The second kappa shape index (κ2) is 7.87. The summed E-state index contributed by atoms with van der Waals surface area (Å²) in [6, 6.07) is 8.35. The van der Waals surface area contributed by atoms with Crippen LogP contribution in [0.25, 0.3) is 0 Å². The van der Waals surface area contributed by atoms with Gasteiger partial charge in [-0.1, -0.05) is 29.8 Å². The van der Waals surface area contributed by atoms with E-state index in [0.29, 0.717) is 13.0 Å². The fourth-order valence-corrected chi connectivity index (χ4v) is 3.34. The smallest absolute Gasteiger partial charge is 0.264 e. The predicted octanol–water partition coefficient (Wildman–Crippen LogP) is 1.91. The molecule has 2 atom stereocenters. The van der Waals surface area contributed by atoms with Crippen LogP contribution in [0.4, 0.5) is 0 Å². The number of hydrogen-bond donors (Lipinski definition) is 0. The van der Waals surface area contributed by atoms with E-state index in [1.807, 2.05) is 10.8 Å². The summed E-state index contributed by atoms with van der Waals surface area (Å²) in [5, 5.41) is 0. The van der Waals surface area contributed by atoms with Crippen molar-refractivity contribution in [1.82, 2.24) is 9.55 Å². The minimum atomic E-state index is -3.51. The summed E-state index contributed by atoms with van der Waals surface area (Å²) < 4.78 is 41.3. The highest BCUT2D eigenvalue weighted by Gasteiger charge is 2.42. The Balaban J connectivity index is 1.67. The minimum Gasteiger partial charge on any atom is -0.345 e. The zero-order valence-corrected chi connectivity index (χ0v) is 15.8. The fraction of sp³-hybridized carbons (Fsp3) is 0.500. The third-order valence-electron chi connectivity index (χ3n) is 4.28. The van der Waals surface area contributed by atoms with E-state index in [4.69, 9.17) is 13.7 Å². The third-order valence-corrected chi connectivity index (χ3v) is 4.84. The molecule has 8 heteroatoms. The van der Waals surface area contributed by atoms with Crippen LogP contribution in [0.2, 0.25) is 0 Å². The van der Waals surface area contributed by atoms with Gasteiger partial charge in [0.25, 0.3) is 10.1 Å². The maximum atomic E-state index is 11.2. The Kier molecular flexibility index (Phi) is 5.76. The van der Waals surface area contributed by atoms with Gasteiger partial charge in [-0.05, 0) is 18.9 Å². The molecule has 0 bridgehead atoms. The summed E-state index contributed by atoms with van der Waals surface area (Å²) in [6.45, 7) is 2.78. The van der Waals surface area contributed by atoms with E-state index in [1.165, 1.54) is 11.1 Å². The number of aryl methyl sites for hydroxylation is 2. The minimum absolute atomic E-state index is 0.0466. The Morgan fingerprint density at radius 2 is 2.12 bits per heavy atom. The molecule has 0 saturated carbocycles. The molecule has 0 spiro atoms. The highest BCUT2D eigenvalue weighted by Crippen LogP contribution is 2.31. The van der Waals surface area contributed by atoms with Crippen molar-refractivity contribution >= 4 is 10.1 Å². The molecule has 1 aliphatic heterocycles. The normalized spacial score (nSPS) is 23.4. The summed E-state index contributed by atoms with van der Waals surface area (Å²) in [5.41, 5.74) is 2.41. The molecule has 2 unspecified atom stereocenters. The molecule has 1 aromatic heterocycles. The molecule has 7 nitrogen and oxygen atoms in total. The molecule has 26 heavy (non-hydrogen) atoms. The van der Waals surface area contributed by atoms with Crippen LogP contribution < -0.4 is 0 Å². The van der Waals surface area contributed by atoms with Gasteiger partial charge in [-0.2, -0.15) is 8.42 Å². The lowest BCUT2D eigenvalue weighted by Crippen LogP contribution is -2.37. The quantitative estimate of drug-likeness (QED) is 0.651. The van der Waals surface area contributed by atoms with Crippen LogP contribution in [-0.4, -0.2) is 49.3 Å². The van der Waals surface area contributed by atoms with E-state index in [-0.39, 0.29) is 13.2 Å². The number of nitrogens with zero attached hydrogens (tertiary/aromatic N) is 2. The third kappa shape index (κ3) is 5.38. The molecular weight excluding hydrogens is 356 g/mol. The van der Waals surface area contributed by atoms with Crippen molar-refractivity contribution in [3.8, 4) is 0 Å². The van der Waals surface area contributed by atoms with Crippen molar-refractivity contribution < 1.29 is 22.1 Å². The van der Waals surface area contributed by atoms with Gasteiger partial charge in [-0.15, -0.1) is 0 Å². The van der Waals surface area contributed by atoms with E-state index in [2.05, 4.69) is 36.2 Å². The molecule has 1 aromatic carbocycles. The van der Waals surface area contributed by atoms with Crippen molar-refractivity contribution in [3.63, 3.8) is 0 Å². The van der Waals surface area contributed by atoms with Crippen LogP contribution in [0.1, 0.15) is 17.5 Å². The Bertz CT molecular complexity index is 805. The van der Waals surface area contributed by atoms with E-state index >= 15 is 0 Å². The fourth-order valence-electron chi connectivity index (χ4n) is 2.94. The molecule has 1 aliphatic rings. The van der Waals surface area contributed by atoms with E-state index in [0.717, 1.165) is 12.7 Å². The van der Waals surface area contributed by atoms with Gasteiger partial charge in [0, 0.05) is 18.8 Å². The van der Waals surface area contributed by atoms with Gasteiger partial charge in [-0.3, -0.25) is 4.18 Å². The standard InChI is InChI=1S/C18H24N2O5S/c1-15-3-5-16(6-4-15)7-8-18(13-20-10-9-19-14-20)23-11-17(25-18)12-24-26(2,21)22/h3-6,9-10,14,17H,7-8,11-13H2,1-2H3. The molecule has 2 aromatic rings. The van der Waals surface area contributed by atoms with E-state index < -0.39 is 22.0 Å². The van der Waals surface area contributed by atoms with Gasteiger partial charge in [0.1, 0.15) is 6.10 Å². The summed E-state index contributed by atoms with van der Waals surface area (Å²) in [7, 11) is -3.51. The molecule has 2 heterocycles. The summed E-state index contributed by atoms with van der Waals surface area (Å²) >= 11 is 0. The lowest BCUT2D eigenvalue weighted by atomic mass is 10.0. The summed E-state index contributed by atoms with van der Waals surface area (Å²) in [4.78, 5) is 4.06. The molecule has 0 aliphatic carbocycles. The molecule has 0 radical (unpaired) electrons. The topological polar surface area (TPSA) is 79.7 Å². The predicted molar refractivity (Wildman–Crippen MR) is 96.1 cm³/mol. The average Bonchev–Trinajstić information content (AvgIpc) is 3.23. The SMILES string of the molecule is Cc1ccc(CCC2(Cn3ccnc3)OCC(COS(C)(=O)=O)O2)cc1. The van der Waals surface area contributed by atoms with Crippen molar-refractivity contribution in [1.29, 1.82) is 0 Å². The zero-order valence-electron chi connectivity index (χ0n) is 15.0. The number of ether oxygens (including phenoxy) is 2. The van der Waals surface area contributed by atoms with Crippen LogP contribution in [-0.2, 0) is 36.7 Å². The monoisotopic (exact) mass is 380 g/mol. The zero-order chi connectivity index (χ0) is 18.6. The number of benzene rings is 1. The highest BCUT2D eigenvalue weighted by atomic mass is 32.2. The van der Waals surface area contributed by atoms with Gasteiger partial charge in [0.2, 0.25) is 0 Å². The van der Waals surface area contributed by atoms with Crippen molar-refractivity contribution in [3.05, 3.63) is 54.1 Å². The molecular formula is C18H24N2O5S. The first kappa shape index (κ1) is 19.0. The van der Waals surface area contributed by atoms with Gasteiger partial charge in [0.15, 0.2) is 5.79 Å². The van der Waals surface area contributed by atoms with Crippen LogP contribution in [0, 0.1) is 6.92 Å².